The van der Waals surface area contributed by atoms with E-state index in [4.69, 9.17) is 27.9 Å². The first kappa shape index (κ1) is 27.4. The van der Waals surface area contributed by atoms with Crippen LogP contribution in [0, 0.1) is 5.92 Å². The van der Waals surface area contributed by atoms with Crippen LogP contribution in [0.3, 0.4) is 0 Å². The molecule has 0 saturated heterocycles. The van der Waals surface area contributed by atoms with Gasteiger partial charge in [-0.25, -0.2) is 14.4 Å². The van der Waals surface area contributed by atoms with E-state index < -0.39 is 18.0 Å². The Morgan fingerprint density at radius 2 is 1.86 bits per heavy atom. The smallest absolute Gasteiger partial charge is 0.338 e. The van der Waals surface area contributed by atoms with Crippen LogP contribution in [0.25, 0.3) is 0 Å². The third kappa shape index (κ3) is 6.50. The Labute approximate surface area is 221 Å². The summed E-state index contributed by atoms with van der Waals surface area (Å²) in [5, 5.41) is 8.88. The van der Waals surface area contributed by atoms with Gasteiger partial charge >= 0.3 is 18.0 Å². The molecule has 1 atom stereocenters. The molecule has 36 heavy (non-hydrogen) atoms. The third-order valence-corrected chi connectivity index (χ3v) is 6.31. The highest BCUT2D eigenvalue weighted by molar-refractivity contribution is 6.44. The average molecular weight is 533 g/mol. The summed E-state index contributed by atoms with van der Waals surface area (Å²) in [7, 11) is 0. The summed E-state index contributed by atoms with van der Waals surface area (Å²) < 4.78 is 5.53. The van der Waals surface area contributed by atoms with Gasteiger partial charge in [0.05, 0.1) is 34.0 Å². The predicted octanol–water partition coefficient (Wildman–Crippen LogP) is 6.59. The molecule has 3 rings (SSSR count). The predicted molar refractivity (Wildman–Crippen MR) is 142 cm³/mol. The number of hydrogen-bond acceptors (Lipinski definition) is 4. The Kier molecular flexibility index (Phi) is 9.23. The normalized spacial score (nSPS) is 15.6. The van der Waals surface area contributed by atoms with Crippen molar-refractivity contribution in [3.63, 3.8) is 0 Å². The minimum Gasteiger partial charge on any atom is -0.462 e. The lowest BCUT2D eigenvalue weighted by molar-refractivity contribution is -0.140. The van der Waals surface area contributed by atoms with E-state index in [1.807, 2.05) is 20.8 Å². The zero-order chi connectivity index (χ0) is 26.4. The Bertz CT molecular complexity index is 1180. The molecule has 4 amide bonds. The lowest BCUT2D eigenvalue weighted by Crippen LogP contribution is -2.48. The van der Waals surface area contributed by atoms with E-state index in [0.717, 1.165) is 6.42 Å². The van der Waals surface area contributed by atoms with Crippen LogP contribution in [0.4, 0.5) is 21.0 Å². The van der Waals surface area contributed by atoms with Crippen LogP contribution in [-0.2, 0) is 9.53 Å². The van der Waals surface area contributed by atoms with Gasteiger partial charge in [-0.1, -0.05) is 62.2 Å². The standard InChI is InChI=1S/C26H30Cl2N4O4/c1-5-12-32-16(4)21(24(33)36-14-15(2)3)23(31-26(32)35)17-8-6-9-18(13-17)29-25(34)30-20-11-7-10-19(27)22(20)28/h6-11,13,15,23H,5,12,14H2,1-4H3,(H,31,35)(H2,29,30,34). The van der Waals surface area contributed by atoms with Gasteiger partial charge in [0.15, 0.2) is 0 Å². The molecule has 0 radical (unpaired) electrons. The van der Waals surface area contributed by atoms with E-state index in [1.165, 1.54) is 0 Å². The quantitative estimate of drug-likeness (QED) is 0.334. The van der Waals surface area contributed by atoms with Gasteiger partial charge < -0.3 is 20.7 Å². The number of anilines is 2. The Morgan fingerprint density at radius 1 is 1.14 bits per heavy atom. The molecule has 3 N–H and O–H groups in total. The summed E-state index contributed by atoms with van der Waals surface area (Å²) in [5.41, 5.74) is 2.35. The number of amides is 4. The largest absolute Gasteiger partial charge is 0.462 e. The van der Waals surface area contributed by atoms with Gasteiger partial charge in [0.1, 0.15) is 0 Å². The molecule has 1 aliphatic rings. The molecule has 2 aromatic carbocycles. The van der Waals surface area contributed by atoms with E-state index >= 15 is 0 Å². The lowest BCUT2D eigenvalue weighted by Gasteiger charge is -2.35. The molecule has 0 saturated carbocycles. The van der Waals surface area contributed by atoms with Crippen molar-refractivity contribution < 1.29 is 19.1 Å². The highest BCUT2D eigenvalue weighted by Crippen LogP contribution is 2.33. The van der Waals surface area contributed by atoms with Gasteiger partial charge in [-0.15, -0.1) is 0 Å². The minimum atomic E-state index is -0.738. The number of esters is 1. The van der Waals surface area contributed by atoms with Gasteiger partial charge in [-0.3, -0.25) is 4.90 Å². The number of halogens is 2. The molecule has 0 aromatic heterocycles. The van der Waals surface area contributed by atoms with E-state index in [0.29, 0.717) is 39.8 Å². The summed E-state index contributed by atoms with van der Waals surface area (Å²) in [6, 6.07) is 10.3. The molecular weight excluding hydrogens is 503 g/mol. The van der Waals surface area contributed by atoms with Crippen molar-refractivity contribution in [2.45, 2.75) is 40.2 Å². The molecule has 0 fully saturated rings. The molecule has 0 spiro atoms. The Balaban J connectivity index is 1.88. The van der Waals surface area contributed by atoms with Gasteiger partial charge in [-0.2, -0.15) is 0 Å². The van der Waals surface area contributed by atoms with Crippen molar-refractivity contribution in [3.05, 3.63) is 69.3 Å². The van der Waals surface area contributed by atoms with Crippen molar-refractivity contribution in [2.75, 3.05) is 23.8 Å². The number of carbonyl (C=O) groups is 3. The van der Waals surface area contributed by atoms with Crippen molar-refractivity contribution in [1.82, 2.24) is 10.2 Å². The zero-order valence-corrected chi connectivity index (χ0v) is 22.2. The average Bonchev–Trinajstić information content (AvgIpc) is 2.83. The molecular formula is C26H30Cl2N4O4. The number of rotatable bonds is 8. The number of ether oxygens (including phenoxy) is 1. The second-order valence-corrected chi connectivity index (χ2v) is 9.62. The first-order valence-electron chi connectivity index (χ1n) is 11.7. The van der Waals surface area contributed by atoms with Crippen LogP contribution in [0.2, 0.25) is 10.0 Å². The van der Waals surface area contributed by atoms with Crippen molar-refractivity contribution in [1.29, 1.82) is 0 Å². The van der Waals surface area contributed by atoms with Crippen molar-refractivity contribution in [2.24, 2.45) is 5.92 Å². The van der Waals surface area contributed by atoms with Gasteiger partial charge in [0.2, 0.25) is 0 Å². The van der Waals surface area contributed by atoms with Crippen LogP contribution < -0.4 is 16.0 Å². The molecule has 1 heterocycles. The zero-order valence-electron chi connectivity index (χ0n) is 20.7. The number of allylic oxidation sites excluding steroid dienone is 1. The fourth-order valence-corrected chi connectivity index (χ4v) is 4.14. The van der Waals surface area contributed by atoms with E-state index in [9.17, 15) is 14.4 Å². The molecule has 0 bridgehead atoms. The first-order valence-corrected chi connectivity index (χ1v) is 12.5. The second kappa shape index (κ2) is 12.1. The maximum atomic E-state index is 13.1. The third-order valence-electron chi connectivity index (χ3n) is 5.49. The second-order valence-electron chi connectivity index (χ2n) is 8.83. The van der Waals surface area contributed by atoms with Crippen LogP contribution in [0.5, 0.6) is 0 Å². The SMILES string of the molecule is CCCN1C(=O)NC(c2cccc(NC(=O)Nc3cccc(Cl)c3Cl)c2)C(C(=O)OCC(C)C)=C1C. The van der Waals surface area contributed by atoms with Crippen LogP contribution in [0.15, 0.2) is 53.7 Å². The molecule has 8 nitrogen and oxygen atoms in total. The first-order chi connectivity index (χ1) is 17.1. The van der Waals surface area contributed by atoms with Crippen LogP contribution in [0.1, 0.15) is 45.7 Å². The number of nitrogens with zero attached hydrogens (tertiary/aromatic N) is 1. The summed E-state index contributed by atoms with van der Waals surface area (Å²) >= 11 is 12.2. The number of nitrogens with one attached hydrogen (secondary N) is 3. The Morgan fingerprint density at radius 3 is 2.56 bits per heavy atom. The number of hydrogen-bond donors (Lipinski definition) is 3. The monoisotopic (exact) mass is 532 g/mol. The van der Waals surface area contributed by atoms with Crippen molar-refractivity contribution in [3.8, 4) is 0 Å². The van der Waals surface area contributed by atoms with Crippen LogP contribution in [-0.4, -0.2) is 36.1 Å². The fraction of sp³-hybridized carbons (Fsp3) is 0.346. The minimum absolute atomic E-state index is 0.164. The molecule has 1 aliphatic heterocycles. The summed E-state index contributed by atoms with van der Waals surface area (Å²) in [6.45, 7) is 8.35. The van der Waals surface area contributed by atoms with E-state index in [-0.39, 0.29) is 23.6 Å². The summed E-state index contributed by atoms with van der Waals surface area (Å²) in [4.78, 5) is 40.1. The number of carbonyl (C=O) groups excluding carboxylic acids is 3. The topological polar surface area (TPSA) is 99.8 Å². The van der Waals surface area contributed by atoms with E-state index in [1.54, 1.807) is 54.3 Å². The summed E-state index contributed by atoms with van der Waals surface area (Å²) in [5.74, 6) is -0.323. The fourth-order valence-electron chi connectivity index (χ4n) is 3.79. The van der Waals surface area contributed by atoms with Crippen molar-refractivity contribution >= 4 is 52.6 Å². The highest BCUT2D eigenvalue weighted by Gasteiger charge is 2.36. The van der Waals surface area contributed by atoms with Gasteiger partial charge in [0, 0.05) is 17.9 Å². The Hall–Kier alpha value is -3.23. The van der Waals surface area contributed by atoms with E-state index in [2.05, 4.69) is 16.0 Å². The number of urea groups is 2. The van der Waals surface area contributed by atoms with Gasteiger partial charge in [0.25, 0.3) is 0 Å². The maximum absolute atomic E-state index is 13.1. The molecule has 2 aromatic rings. The molecule has 192 valence electrons. The highest BCUT2D eigenvalue weighted by atomic mass is 35.5. The maximum Gasteiger partial charge on any atom is 0.338 e. The molecule has 10 heteroatoms. The van der Waals surface area contributed by atoms with Gasteiger partial charge in [-0.05, 0) is 49.1 Å². The molecule has 0 aliphatic carbocycles. The summed E-state index contributed by atoms with van der Waals surface area (Å²) in [6.07, 6.45) is 0.731. The number of benzene rings is 2. The molecule has 1 unspecified atom stereocenters. The van der Waals surface area contributed by atoms with Crippen LogP contribution >= 0.6 is 23.2 Å². The lowest BCUT2D eigenvalue weighted by atomic mass is 9.94.